The summed E-state index contributed by atoms with van der Waals surface area (Å²) < 4.78 is 26.1. The number of rotatable bonds is 7. The molecule has 1 amide bonds. The lowest BCUT2D eigenvalue weighted by molar-refractivity contribution is -0.116. The molecule has 0 radical (unpaired) electrons. The lowest BCUT2D eigenvalue weighted by atomic mass is 10.1. The van der Waals surface area contributed by atoms with Crippen molar-refractivity contribution in [3.63, 3.8) is 0 Å². The van der Waals surface area contributed by atoms with E-state index >= 15 is 0 Å². The lowest BCUT2D eigenvalue weighted by Gasteiger charge is -2.19. The van der Waals surface area contributed by atoms with Gasteiger partial charge in [-0.15, -0.1) is 0 Å². The number of carbonyl (C=O) groups is 1. The maximum absolute atomic E-state index is 12.2. The van der Waals surface area contributed by atoms with Gasteiger partial charge in [-0.3, -0.25) is 4.79 Å². The summed E-state index contributed by atoms with van der Waals surface area (Å²) in [4.78, 5) is 12.2. The van der Waals surface area contributed by atoms with Crippen LogP contribution in [-0.4, -0.2) is 31.4 Å². The van der Waals surface area contributed by atoms with Crippen LogP contribution < -0.4 is 5.32 Å². The summed E-state index contributed by atoms with van der Waals surface area (Å²) in [6, 6.07) is 14.8. The zero-order chi connectivity index (χ0) is 18.4. The standard InChI is InChI=1S/C18H21BrN2O3S/c1-3-14-6-10-17(11-7-14)20-18(22)13-21(25(2,23)24)12-15-4-8-16(19)9-5-15/h4-11H,3,12-13H2,1-2H3,(H,20,22). The van der Waals surface area contributed by atoms with E-state index < -0.39 is 10.0 Å². The summed E-state index contributed by atoms with van der Waals surface area (Å²) >= 11 is 3.34. The molecule has 0 aromatic heterocycles. The third-order valence-corrected chi connectivity index (χ3v) is 5.43. The van der Waals surface area contributed by atoms with Gasteiger partial charge in [-0.05, 0) is 41.8 Å². The molecule has 0 atom stereocenters. The van der Waals surface area contributed by atoms with E-state index in [1.165, 1.54) is 5.56 Å². The van der Waals surface area contributed by atoms with E-state index in [0.717, 1.165) is 27.0 Å². The van der Waals surface area contributed by atoms with E-state index in [0.29, 0.717) is 5.69 Å². The first kappa shape index (κ1) is 19.6. The van der Waals surface area contributed by atoms with E-state index in [-0.39, 0.29) is 19.0 Å². The minimum Gasteiger partial charge on any atom is -0.325 e. The number of anilines is 1. The third-order valence-electron chi connectivity index (χ3n) is 3.71. The molecular weight excluding hydrogens is 404 g/mol. The fourth-order valence-electron chi connectivity index (χ4n) is 2.27. The highest BCUT2D eigenvalue weighted by atomic mass is 79.9. The Kier molecular flexibility index (Phi) is 6.75. The molecular formula is C18H21BrN2O3S. The maximum Gasteiger partial charge on any atom is 0.239 e. The Morgan fingerprint density at radius 2 is 1.60 bits per heavy atom. The Bertz CT molecular complexity index is 818. The lowest BCUT2D eigenvalue weighted by Crippen LogP contribution is -2.36. The Balaban J connectivity index is 2.05. The van der Waals surface area contributed by atoms with Crippen LogP contribution in [0.3, 0.4) is 0 Å². The van der Waals surface area contributed by atoms with Crippen molar-refractivity contribution in [2.45, 2.75) is 19.9 Å². The summed E-state index contributed by atoms with van der Waals surface area (Å²) in [6.45, 7) is 1.97. The Morgan fingerprint density at radius 3 is 2.12 bits per heavy atom. The number of hydrogen-bond donors (Lipinski definition) is 1. The third kappa shape index (κ3) is 6.26. The Labute approximate surface area is 157 Å². The second-order valence-corrected chi connectivity index (χ2v) is 8.65. The monoisotopic (exact) mass is 424 g/mol. The van der Waals surface area contributed by atoms with Gasteiger partial charge in [-0.1, -0.05) is 47.1 Å². The Hall–Kier alpha value is -1.70. The van der Waals surface area contributed by atoms with Gasteiger partial charge < -0.3 is 5.32 Å². The molecule has 2 rings (SSSR count). The summed E-state index contributed by atoms with van der Waals surface area (Å²) in [5, 5.41) is 2.74. The molecule has 5 nitrogen and oxygen atoms in total. The number of benzene rings is 2. The molecule has 2 aromatic carbocycles. The van der Waals surface area contributed by atoms with Gasteiger partial charge in [0.05, 0.1) is 12.8 Å². The first-order valence-corrected chi connectivity index (χ1v) is 10.5. The number of amides is 1. The quantitative estimate of drug-likeness (QED) is 0.740. The topological polar surface area (TPSA) is 66.5 Å². The first-order valence-electron chi connectivity index (χ1n) is 7.86. The fraction of sp³-hybridized carbons (Fsp3) is 0.278. The van der Waals surface area contributed by atoms with Crippen molar-refractivity contribution in [3.05, 3.63) is 64.1 Å². The minimum atomic E-state index is -3.51. The smallest absolute Gasteiger partial charge is 0.239 e. The number of carbonyl (C=O) groups excluding carboxylic acids is 1. The largest absolute Gasteiger partial charge is 0.325 e. The van der Waals surface area contributed by atoms with E-state index in [9.17, 15) is 13.2 Å². The van der Waals surface area contributed by atoms with Crippen LogP contribution in [0.15, 0.2) is 53.0 Å². The molecule has 0 fully saturated rings. The predicted octanol–water partition coefficient (Wildman–Crippen LogP) is 3.41. The molecule has 134 valence electrons. The number of nitrogens with zero attached hydrogens (tertiary/aromatic N) is 1. The van der Waals surface area contributed by atoms with E-state index in [1.54, 1.807) is 0 Å². The van der Waals surface area contributed by atoms with Crippen molar-refractivity contribution in [2.75, 3.05) is 18.1 Å². The molecule has 0 aliphatic rings. The van der Waals surface area contributed by atoms with Crippen LogP contribution in [0.4, 0.5) is 5.69 Å². The summed E-state index contributed by atoms with van der Waals surface area (Å²) in [5.74, 6) is -0.369. The summed E-state index contributed by atoms with van der Waals surface area (Å²) in [7, 11) is -3.51. The zero-order valence-corrected chi connectivity index (χ0v) is 16.6. The highest BCUT2D eigenvalue weighted by molar-refractivity contribution is 9.10. The number of halogens is 1. The van der Waals surface area contributed by atoms with Gasteiger partial charge in [0, 0.05) is 16.7 Å². The number of hydrogen-bond acceptors (Lipinski definition) is 3. The minimum absolute atomic E-state index is 0.147. The van der Waals surface area contributed by atoms with Crippen LogP contribution >= 0.6 is 15.9 Å². The first-order chi connectivity index (χ1) is 11.8. The van der Waals surface area contributed by atoms with Crippen LogP contribution in [-0.2, 0) is 27.8 Å². The Morgan fingerprint density at radius 1 is 1.04 bits per heavy atom. The molecule has 0 saturated heterocycles. The average molecular weight is 425 g/mol. The van der Waals surface area contributed by atoms with Gasteiger partial charge in [-0.2, -0.15) is 4.31 Å². The van der Waals surface area contributed by atoms with Crippen LogP contribution in [0.1, 0.15) is 18.1 Å². The molecule has 0 aliphatic carbocycles. The second kappa shape index (κ2) is 8.60. The van der Waals surface area contributed by atoms with Crippen molar-refractivity contribution in [1.29, 1.82) is 0 Å². The molecule has 0 saturated carbocycles. The second-order valence-electron chi connectivity index (χ2n) is 5.76. The van der Waals surface area contributed by atoms with Crippen molar-refractivity contribution in [3.8, 4) is 0 Å². The van der Waals surface area contributed by atoms with E-state index in [2.05, 4.69) is 28.2 Å². The van der Waals surface area contributed by atoms with Crippen molar-refractivity contribution in [1.82, 2.24) is 4.31 Å². The molecule has 7 heteroatoms. The maximum atomic E-state index is 12.2. The van der Waals surface area contributed by atoms with Gasteiger partial charge in [0.25, 0.3) is 0 Å². The van der Waals surface area contributed by atoms with E-state index in [1.807, 2.05) is 48.5 Å². The highest BCUT2D eigenvalue weighted by Crippen LogP contribution is 2.14. The molecule has 0 unspecified atom stereocenters. The zero-order valence-electron chi connectivity index (χ0n) is 14.2. The van der Waals surface area contributed by atoms with Crippen LogP contribution in [0, 0.1) is 0 Å². The molecule has 1 N–H and O–H groups in total. The van der Waals surface area contributed by atoms with Crippen molar-refractivity contribution in [2.24, 2.45) is 0 Å². The average Bonchev–Trinajstić information content (AvgIpc) is 2.56. The molecule has 0 bridgehead atoms. The van der Waals surface area contributed by atoms with Gasteiger partial charge in [0.1, 0.15) is 0 Å². The van der Waals surface area contributed by atoms with Gasteiger partial charge in [0.2, 0.25) is 15.9 Å². The van der Waals surface area contributed by atoms with Crippen LogP contribution in [0.5, 0.6) is 0 Å². The molecule has 0 spiro atoms. The summed E-state index contributed by atoms with van der Waals surface area (Å²) in [5.41, 5.74) is 2.64. The van der Waals surface area contributed by atoms with Crippen molar-refractivity contribution >= 4 is 37.5 Å². The van der Waals surface area contributed by atoms with Gasteiger partial charge in [-0.25, -0.2) is 8.42 Å². The molecule has 2 aromatic rings. The predicted molar refractivity (Wildman–Crippen MR) is 104 cm³/mol. The number of aryl methyl sites for hydroxylation is 1. The molecule has 0 heterocycles. The molecule has 25 heavy (non-hydrogen) atoms. The number of nitrogens with one attached hydrogen (secondary N) is 1. The van der Waals surface area contributed by atoms with Crippen LogP contribution in [0.2, 0.25) is 0 Å². The fourth-order valence-corrected chi connectivity index (χ4v) is 3.27. The van der Waals surface area contributed by atoms with Gasteiger partial charge in [0.15, 0.2) is 0 Å². The van der Waals surface area contributed by atoms with Crippen LogP contribution in [0.25, 0.3) is 0 Å². The number of sulfonamides is 1. The van der Waals surface area contributed by atoms with E-state index in [4.69, 9.17) is 0 Å². The summed E-state index contributed by atoms with van der Waals surface area (Å²) in [6.07, 6.45) is 2.03. The van der Waals surface area contributed by atoms with Crippen molar-refractivity contribution < 1.29 is 13.2 Å². The SMILES string of the molecule is CCc1ccc(NC(=O)CN(Cc2ccc(Br)cc2)S(C)(=O)=O)cc1. The molecule has 0 aliphatic heterocycles. The highest BCUT2D eigenvalue weighted by Gasteiger charge is 2.20. The van der Waals surface area contributed by atoms with Gasteiger partial charge >= 0.3 is 0 Å². The normalized spacial score (nSPS) is 11.5.